The zero-order valence-corrected chi connectivity index (χ0v) is 14.3. The molecule has 0 saturated heterocycles. The Morgan fingerprint density at radius 3 is 1.33 bits per heavy atom. The van der Waals surface area contributed by atoms with Crippen molar-refractivity contribution in [1.29, 1.82) is 0 Å². The standard InChI is InChI=1S/C4H6O.C4H8O.C3H6.C3H8.C2H2O.C2H4/c5-4-2-1-3-4;1-2-3-4-5;1-2-3-1;1-3-2;1-2-3;1-2/h1-3H2;4H,2-3H2,1H3;1-3H2;3H2,1-2H3;1H2;1-2H2. The summed E-state index contributed by atoms with van der Waals surface area (Å²) in [4.78, 5) is 27.9. The lowest BCUT2D eigenvalue weighted by Gasteiger charge is -2.05. The largest absolute Gasteiger partial charge is 0.303 e. The van der Waals surface area contributed by atoms with Crippen molar-refractivity contribution in [3.63, 3.8) is 0 Å². The van der Waals surface area contributed by atoms with E-state index in [1.165, 1.54) is 31.6 Å². The highest BCUT2D eigenvalue weighted by Crippen LogP contribution is 2.14. The first-order chi connectivity index (χ1) is 10.1. The lowest BCUT2D eigenvalue weighted by Crippen LogP contribution is -2.07. The van der Waals surface area contributed by atoms with E-state index in [2.05, 4.69) is 33.6 Å². The number of Topliss-reactive ketones (excluding diaryl/α,β-unsaturated/α-hetero) is 1. The van der Waals surface area contributed by atoms with E-state index in [9.17, 15) is 9.59 Å². The van der Waals surface area contributed by atoms with Crippen LogP contribution in [0.15, 0.2) is 19.7 Å². The molecule has 2 aliphatic rings. The number of carbonyl (C=O) groups is 2. The molecule has 2 aliphatic carbocycles. The summed E-state index contributed by atoms with van der Waals surface area (Å²) in [6, 6.07) is 0. The van der Waals surface area contributed by atoms with E-state index in [0.29, 0.717) is 12.2 Å². The van der Waals surface area contributed by atoms with Crippen LogP contribution >= 0.6 is 0 Å². The van der Waals surface area contributed by atoms with Crippen LogP contribution in [0.25, 0.3) is 0 Å². The molecule has 0 N–H and O–H groups in total. The van der Waals surface area contributed by atoms with Crippen molar-refractivity contribution in [3.8, 4) is 0 Å². The molecular formula is C18H34O3. The van der Waals surface area contributed by atoms with Crippen LogP contribution in [0.4, 0.5) is 0 Å². The van der Waals surface area contributed by atoms with Gasteiger partial charge in [0.2, 0.25) is 0 Å². The summed E-state index contributed by atoms with van der Waals surface area (Å²) in [5, 5.41) is 0. The average Bonchev–Trinajstić information content (AvgIpc) is 3.30. The van der Waals surface area contributed by atoms with E-state index in [1.807, 2.05) is 6.92 Å². The number of rotatable bonds is 2. The number of unbranched alkanes of at least 4 members (excludes halogenated alkanes) is 1. The van der Waals surface area contributed by atoms with Crippen LogP contribution in [0.5, 0.6) is 0 Å². The van der Waals surface area contributed by atoms with E-state index < -0.39 is 0 Å². The van der Waals surface area contributed by atoms with Gasteiger partial charge < -0.3 is 4.79 Å². The third-order valence-electron chi connectivity index (χ3n) is 1.67. The Hall–Kier alpha value is -1.47. The van der Waals surface area contributed by atoms with E-state index in [0.717, 1.165) is 32.0 Å². The van der Waals surface area contributed by atoms with Crippen molar-refractivity contribution < 1.29 is 14.4 Å². The van der Waals surface area contributed by atoms with Gasteiger partial charge in [-0.2, -0.15) is 0 Å². The van der Waals surface area contributed by atoms with Gasteiger partial charge in [-0.25, -0.2) is 4.79 Å². The number of hydrogen-bond acceptors (Lipinski definition) is 3. The Bertz CT molecular complexity index is 218. The number of aldehydes is 1. The molecule has 0 aromatic carbocycles. The van der Waals surface area contributed by atoms with Gasteiger partial charge >= 0.3 is 0 Å². The monoisotopic (exact) mass is 298 g/mol. The molecule has 3 nitrogen and oxygen atoms in total. The van der Waals surface area contributed by atoms with E-state index in [1.54, 1.807) is 0 Å². The second kappa shape index (κ2) is 36.3. The maximum Gasteiger partial charge on any atom is 0.132 e. The highest BCUT2D eigenvalue weighted by Gasteiger charge is 2.09. The van der Waals surface area contributed by atoms with Gasteiger partial charge in [0.1, 0.15) is 18.0 Å². The van der Waals surface area contributed by atoms with Gasteiger partial charge in [-0.15, -0.1) is 13.2 Å². The molecule has 0 aliphatic heterocycles. The SMILES string of the molecule is C1CC1.C=C.C=C=O.CCC.CCCC=O.O=C1CCC1. The molecule has 0 unspecified atom stereocenters. The van der Waals surface area contributed by atoms with Gasteiger partial charge in [-0.3, -0.25) is 4.79 Å². The minimum atomic E-state index is 0.435. The van der Waals surface area contributed by atoms with Crippen molar-refractivity contribution in [2.24, 2.45) is 0 Å². The minimum absolute atomic E-state index is 0.435. The van der Waals surface area contributed by atoms with Gasteiger partial charge in [0.25, 0.3) is 0 Å². The molecule has 2 saturated carbocycles. The summed E-state index contributed by atoms with van der Waals surface area (Å²) < 4.78 is 0. The van der Waals surface area contributed by atoms with Crippen LogP contribution < -0.4 is 0 Å². The molecule has 0 atom stereocenters. The molecule has 2 rings (SSSR count). The van der Waals surface area contributed by atoms with Crippen molar-refractivity contribution in [3.05, 3.63) is 19.7 Å². The molecule has 0 amide bonds. The molecule has 124 valence electrons. The first kappa shape index (κ1) is 27.8. The van der Waals surface area contributed by atoms with Crippen molar-refractivity contribution in [1.82, 2.24) is 0 Å². The second-order valence-electron chi connectivity index (χ2n) is 4.26. The second-order valence-corrected chi connectivity index (χ2v) is 4.26. The Kier molecular flexibility index (Phi) is 48.0. The highest BCUT2D eigenvalue weighted by molar-refractivity contribution is 5.83. The Labute approximate surface area is 131 Å². The Morgan fingerprint density at radius 1 is 1.05 bits per heavy atom. The first-order valence-corrected chi connectivity index (χ1v) is 7.73. The van der Waals surface area contributed by atoms with Crippen LogP contribution in [0.3, 0.4) is 0 Å². The molecule has 0 spiro atoms. The predicted molar refractivity (Wildman–Crippen MR) is 92.2 cm³/mol. The predicted octanol–water partition coefficient (Wildman–Crippen LogP) is 5.12. The fourth-order valence-electron chi connectivity index (χ4n) is 0.439. The van der Waals surface area contributed by atoms with Crippen molar-refractivity contribution >= 4 is 18.0 Å². The third kappa shape index (κ3) is 89.3. The first-order valence-electron chi connectivity index (χ1n) is 7.73. The van der Waals surface area contributed by atoms with Gasteiger partial charge in [0.15, 0.2) is 0 Å². The normalized spacial score (nSPS) is 11.9. The molecule has 21 heavy (non-hydrogen) atoms. The van der Waals surface area contributed by atoms with Gasteiger partial charge in [-0.1, -0.05) is 46.5 Å². The molecule has 0 aromatic rings. The van der Waals surface area contributed by atoms with Gasteiger partial charge in [0.05, 0.1) is 0 Å². The van der Waals surface area contributed by atoms with Gasteiger partial charge in [0, 0.05) is 19.3 Å². The summed E-state index contributed by atoms with van der Waals surface area (Å²) in [7, 11) is 0. The summed E-state index contributed by atoms with van der Waals surface area (Å²) in [6.45, 7) is 14.9. The molecule has 3 heteroatoms. The Balaban J connectivity index is -0.0000000853. The summed E-state index contributed by atoms with van der Waals surface area (Å²) in [5.41, 5.74) is 0. The lowest BCUT2D eigenvalue weighted by molar-refractivity contribution is -0.123. The molecule has 0 heterocycles. The summed E-state index contributed by atoms with van der Waals surface area (Å²) in [6.07, 6.45) is 11.2. The topological polar surface area (TPSA) is 51.2 Å². The fourth-order valence-corrected chi connectivity index (χ4v) is 0.439. The van der Waals surface area contributed by atoms with Crippen LogP contribution in [0.2, 0.25) is 0 Å². The maximum atomic E-state index is 9.90. The number of hydrogen-bond donors (Lipinski definition) is 0. The molecule has 0 aromatic heterocycles. The number of carbonyl (C=O) groups excluding carboxylic acids is 3. The third-order valence-corrected chi connectivity index (χ3v) is 1.67. The zero-order chi connectivity index (χ0) is 17.4. The maximum absolute atomic E-state index is 9.90. The molecular weight excluding hydrogens is 264 g/mol. The Morgan fingerprint density at radius 2 is 1.33 bits per heavy atom. The number of ketones is 1. The average molecular weight is 298 g/mol. The van der Waals surface area contributed by atoms with E-state index >= 15 is 0 Å². The van der Waals surface area contributed by atoms with Crippen LogP contribution in [-0.2, 0) is 14.4 Å². The molecule has 2 fully saturated rings. The van der Waals surface area contributed by atoms with E-state index in [-0.39, 0.29) is 0 Å². The molecule has 0 radical (unpaired) electrons. The van der Waals surface area contributed by atoms with Gasteiger partial charge in [-0.05, 0) is 19.4 Å². The lowest BCUT2D eigenvalue weighted by atomic mass is 9.99. The quantitative estimate of drug-likeness (QED) is 0.404. The minimum Gasteiger partial charge on any atom is -0.303 e. The highest BCUT2D eigenvalue weighted by atomic mass is 16.1. The van der Waals surface area contributed by atoms with Crippen LogP contribution in [-0.4, -0.2) is 18.0 Å². The van der Waals surface area contributed by atoms with Crippen molar-refractivity contribution in [2.75, 3.05) is 0 Å². The van der Waals surface area contributed by atoms with E-state index in [4.69, 9.17) is 4.79 Å². The zero-order valence-electron chi connectivity index (χ0n) is 14.3. The summed E-state index contributed by atoms with van der Waals surface area (Å²) >= 11 is 0. The molecule has 0 bridgehead atoms. The van der Waals surface area contributed by atoms with Crippen LogP contribution in [0.1, 0.15) is 78.6 Å². The summed E-state index contributed by atoms with van der Waals surface area (Å²) in [5.74, 6) is 1.69. The fraction of sp³-hybridized carbons (Fsp3) is 0.667. The van der Waals surface area contributed by atoms with Crippen LogP contribution in [0, 0.1) is 0 Å². The smallest absolute Gasteiger partial charge is 0.132 e. The van der Waals surface area contributed by atoms with Crippen molar-refractivity contribution in [2.45, 2.75) is 78.6 Å².